The molecule has 0 saturated heterocycles. The second-order valence-electron chi connectivity index (χ2n) is 5.78. The molecule has 1 N–H and O–H groups in total. The number of benzene rings is 1. The van der Waals surface area contributed by atoms with Crippen molar-refractivity contribution in [3.63, 3.8) is 0 Å². The number of hydrogen-bond donors (Lipinski definition) is 1. The molecular weight excluding hydrogens is 234 g/mol. The Labute approximate surface area is 117 Å². The zero-order valence-electron chi connectivity index (χ0n) is 12.4. The first-order chi connectivity index (χ1) is 9.25. The van der Waals surface area contributed by atoms with E-state index in [9.17, 15) is 0 Å². The predicted octanol–water partition coefficient (Wildman–Crippen LogP) is 3.12. The van der Waals surface area contributed by atoms with E-state index in [2.05, 4.69) is 37.4 Å². The molecule has 0 amide bonds. The molecule has 2 nitrogen and oxygen atoms in total. The molecule has 0 aromatic heterocycles. The molecule has 0 bridgehead atoms. The van der Waals surface area contributed by atoms with Crippen LogP contribution in [0.25, 0.3) is 0 Å². The van der Waals surface area contributed by atoms with E-state index < -0.39 is 0 Å². The average molecular weight is 261 g/mol. The molecule has 0 atom stereocenters. The standard InChI is InChI=1S/C17H27NO/c1-14(2)18-10-12-19-11-9-15-7-8-16-5-3-4-6-17(16)13-15/h7-8,13-14,18H,3-6,9-12H2,1-2H3. The van der Waals surface area contributed by atoms with Gasteiger partial charge in [0.25, 0.3) is 0 Å². The highest BCUT2D eigenvalue weighted by atomic mass is 16.5. The van der Waals surface area contributed by atoms with Crippen molar-refractivity contribution in [3.8, 4) is 0 Å². The summed E-state index contributed by atoms with van der Waals surface area (Å²) >= 11 is 0. The van der Waals surface area contributed by atoms with Gasteiger partial charge in [-0.3, -0.25) is 0 Å². The normalized spacial score (nSPS) is 14.7. The largest absolute Gasteiger partial charge is 0.380 e. The van der Waals surface area contributed by atoms with Crippen LogP contribution in [0.4, 0.5) is 0 Å². The summed E-state index contributed by atoms with van der Waals surface area (Å²) in [5.74, 6) is 0. The lowest BCUT2D eigenvalue weighted by atomic mass is 9.90. The van der Waals surface area contributed by atoms with Crippen LogP contribution in [0.5, 0.6) is 0 Å². The van der Waals surface area contributed by atoms with Gasteiger partial charge in [0.2, 0.25) is 0 Å². The average Bonchev–Trinajstić information content (AvgIpc) is 2.42. The van der Waals surface area contributed by atoms with E-state index in [1.807, 2.05) is 0 Å². The molecule has 1 aliphatic rings. The Balaban J connectivity index is 1.68. The first-order valence-electron chi connectivity index (χ1n) is 7.67. The van der Waals surface area contributed by atoms with Crippen molar-refractivity contribution in [3.05, 3.63) is 34.9 Å². The summed E-state index contributed by atoms with van der Waals surface area (Å²) in [6.07, 6.45) is 6.29. The molecule has 0 fully saturated rings. The molecule has 0 saturated carbocycles. The Hall–Kier alpha value is -0.860. The quantitative estimate of drug-likeness (QED) is 0.761. The minimum atomic E-state index is 0.546. The summed E-state index contributed by atoms with van der Waals surface area (Å²) in [6, 6.07) is 7.54. The third-order valence-electron chi connectivity index (χ3n) is 3.75. The van der Waals surface area contributed by atoms with E-state index in [-0.39, 0.29) is 0 Å². The molecule has 0 aliphatic heterocycles. The summed E-state index contributed by atoms with van der Waals surface area (Å²) in [5.41, 5.74) is 4.57. The predicted molar refractivity (Wildman–Crippen MR) is 80.7 cm³/mol. The van der Waals surface area contributed by atoms with Crippen molar-refractivity contribution >= 4 is 0 Å². The third-order valence-corrected chi connectivity index (χ3v) is 3.75. The van der Waals surface area contributed by atoms with Crippen molar-refractivity contribution in [1.29, 1.82) is 0 Å². The summed E-state index contributed by atoms with van der Waals surface area (Å²) < 4.78 is 5.67. The smallest absolute Gasteiger partial charge is 0.0591 e. The first-order valence-corrected chi connectivity index (χ1v) is 7.67. The molecule has 2 heteroatoms. The maximum Gasteiger partial charge on any atom is 0.0591 e. The van der Waals surface area contributed by atoms with Gasteiger partial charge in [0, 0.05) is 12.6 Å². The molecule has 0 radical (unpaired) electrons. The molecule has 1 aliphatic carbocycles. The number of fused-ring (bicyclic) bond motifs is 1. The van der Waals surface area contributed by atoms with Gasteiger partial charge in [-0.05, 0) is 48.8 Å². The minimum Gasteiger partial charge on any atom is -0.380 e. The highest BCUT2D eigenvalue weighted by Gasteiger charge is 2.09. The van der Waals surface area contributed by atoms with E-state index in [1.165, 1.54) is 31.2 Å². The van der Waals surface area contributed by atoms with Crippen LogP contribution in [0.1, 0.15) is 43.4 Å². The van der Waals surface area contributed by atoms with E-state index >= 15 is 0 Å². The zero-order valence-corrected chi connectivity index (χ0v) is 12.4. The van der Waals surface area contributed by atoms with E-state index in [4.69, 9.17) is 4.74 Å². The highest BCUT2D eigenvalue weighted by Crippen LogP contribution is 2.22. The van der Waals surface area contributed by atoms with Crippen LogP contribution in [0, 0.1) is 0 Å². The van der Waals surface area contributed by atoms with Crippen molar-refractivity contribution < 1.29 is 4.74 Å². The Morgan fingerprint density at radius 1 is 1.11 bits per heavy atom. The van der Waals surface area contributed by atoms with E-state index in [0.717, 1.165) is 26.2 Å². The molecule has 0 heterocycles. The van der Waals surface area contributed by atoms with Crippen molar-refractivity contribution in [2.24, 2.45) is 0 Å². The van der Waals surface area contributed by atoms with Crippen LogP contribution in [0.15, 0.2) is 18.2 Å². The summed E-state index contributed by atoms with van der Waals surface area (Å²) in [7, 11) is 0. The van der Waals surface area contributed by atoms with Gasteiger partial charge in [0.1, 0.15) is 0 Å². The first kappa shape index (κ1) is 14.5. The number of nitrogens with one attached hydrogen (secondary N) is 1. The molecule has 1 aromatic carbocycles. The van der Waals surface area contributed by atoms with Crippen molar-refractivity contribution in [2.45, 2.75) is 52.0 Å². The van der Waals surface area contributed by atoms with Gasteiger partial charge in [0.15, 0.2) is 0 Å². The fraction of sp³-hybridized carbons (Fsp3) is 0.647. The molecule has 0 spiro atoms. The van der Waals surface area contributed by atoms with Crippen molar-refractivity contribution in [2.75, 3.05) is 19.8 Å². The Morgan fingerprint density at radius 2 is 1.89 bits per heavy atom. The van der Waals surface area contributed by atoms with Gasteiger partial charge in [-0.25, -0.2) is 0 Å². The topological polar surface area (TPSA) is 21.3 Å². The monoisotopic (exact) mass is 261 g/mol. The van der Waals surface area contributed by atoms with Crippen LogP contribution in [-0.4, -0.2) is 25.8 Å². The lowest BCUT2D eigenvalue weighted by molar-refractivity contribution is 0.137. The molecule has 0 unspecified atom stereocenters. The van der Waals surface area contributed by atoms with E-state index in [1.54, 1.807) is 11.1 Å². The second-order valence-corrected chi connectivity index (χ2v) is 5.78. The van der Waals surface area contributed by atoms with Gasteiger partial charge >= 0.3 is 0 Å². The SMILES string of the molecule is CC(C)NCCOCCc1ccc2c(c1)CCCC2. The van der Waals surface area contributed by atoms with Gasteiger partial charge in [-0.2, -0.15) is 0 Å². The molecular formula is C17H27NO. The fourth-order valence-corrected chi connectivity index (χ4v) is 2.65. The van der Waals surface area contributed by atoms with Crippen molar-refractivity contribution in [1.82, 2.24) is 5.32 Å². The van der Waals surface area contributed by atoms with E-state index in [0.29, 0.717) is 6.04 Å². The second kappa shape index (κ2) is 7.66. The van der Waals surface area contributed by atoms with Gasteiger partial charge in [0.05, 0.1) is 13.2 Å². The Morgan fingerprint density at radius 3 is 2.68 bits per heavy atom. The highest BCUT2D eigenvalue weighted by molar-refractivity contribution is 5.33. The molecule has 19 heavy (non-hydrogen) atoms. The van der Waals surface area contributed by atoms with Gasteiger partial charge in [-0.15, -0.1) is 0 Å². The zero-order chi connectivity index (χ0) is 13.5. The number of hydrogen-bond acceptors (Lipinski definition) is 2. The number of ether oxygens (including phenoxy) is 1. The number of aryl methyl sites for hydroxylation is 2. The van der Waals surface area contributed by atoms with Crippen LogP contribution >= 0.6 is 0 Å². The lowest BCUT2D eigenvalue weighted by Crippen LogP contribution is -2.26. The number of rotatable bonds is 7. The lowest BCUT2D eigenvalue weighted by Gasteiger charge is -2.16. The van der Waals surface area contributed by atoms with Crippen LogP contribution in [0.3, 0.4) is 0 Å². The molecule has 2 rings (SSSR count). The van der Waals surface area contributed by atoms with Gasteiger partial charge < -0.3 is 10.1 Å². The maximum atomic E-state index is 5.67. The van der Waals surface area contributed by atoms with Gasteiger partial charge in [-0.1, -0.05) is 32.0 Å². The Bertz CT molecular complexity index is 387. The fourth-order valence-electron chi connectivity index (χ4n) is 2.65. The summed E-state index contributed by atoms with van der Waals surface area (Å²) in [4.78, 5) is 0. The minimum absolute atomic E-state index is 0.546. The molecule has 1 aromatic rings. The maximum absolute atomic E-state index is 5.67. The van der Waals surface area contributed by atoms with Crippen LogP contribution in [-0.2, 0) is 24.0 Å². The van der Waals surface area contributed by atoms with Crippen LogP contribution < -0.4 is 5.32 Å². The third kappa shape index (κ3) is 4.96. The van der Waals surface area contributed by atoms with Crippen LogP contribution in [0.2, 0.25) is 0 Å². The summed E-state index contributed by atoms with van der Waals surface area (Å²) in [5, 5.41) is 3.36. The Kier molecular flexibility index (Phi) is 5.87. The summed E-state index contributed by atoms with van der Waals surface area (Å²) in [6.45, 7) is 6.91. The molecule has 106 valence electrons.